The van der Waals surface area contributed by atoms with Gasteiger partial charge in [-0.05, 0) is 0 Å². The van der Waals surface area contributed by atoms with Crippen LogP contribution in [-0.2, 0) is 26.2 Å². The van der Waals surface area contributed by atoms with Gasteiger partial charge in [0.1, 0.15) is 51.0 Å². The molecule has 0 atom stereocenters. The molecule has 0 radical (unpaired) electrons. The van der Waals surface area contributed by atoms with Crippen LogP contribution in [0.1, 0.15) is 0 Å². The molecule has 4 aromatic rings. The van der Waals surface area contributed by atoms with Crippen LogP contribution in [0, 0.1) is 0 Å². The highest BCUT2D eigenvalue weighted by Gasteiger charge is 2.32. The number of nitrogens with zero attached hydrogens (tertiary/aromatic N) is 8. The van der Waals surface area contributed by atoms with Crippen LogP contribution in [0.25, 0.3) is 0 Å². The van der Waals surface area contributed by atoms with Gasteiger partial charge in [-0.2, -0.15) is 0 Å². The molecule has 0 saturated heterocycles. The molecule has 156 valence electrons. The molecule has 10 heteroatoms. The Balaban J connectivity index is 1.54. The summed E-state index contributed by atoms with van der Waals surface area (Å²) in [5.41, 5.74) is 0. The van der Waals surface area contributed by atoms with E-state index in [1.54, 1.807) is 0 Å². The van der Waals surface area contributed by atoms with Gasteiger partial charge in [-0.3, -0.25) is 0 Å². The summed E-state index contributed by atoms with van der Waals surface area (Å²) < 4.78 is 18.5. The van der Waals surface area contributed by atoms with Gasteiger partial charge in [-0.1, -0.05) is 0 Å². The van der Waals surface area contributed by atoms with Crippen molar-refractivity contribution >= 4 is 12.8 Å². The predicted molar refractivity (Wildman–Crippen MR) is 115 cm³/mol. The Morgan fingerprint density at radius 3 is 0.933 bits per heavy atom. The molecule has 1 aliphatic rings. The maximum Gasteiger partial charge on any atom is 0.375 e. The van der Waals surface area contributed by atoms with Gasteiger partial charge in [0.25, 0.3) is 0 Å². The largest absolute Gasteiger partial charge is 0.394 e. The van der Waals surface area contributed by atoms with Crippen molar-refractivity contribution in [2.75, 3.05) is 0 Å². The molecule has 4 aromatic heterocycles. The summed E-state index contributed by atoms with van der Waals surface area (Å²) in [6.07, 6.45) is 24.5. The Hall–Kier alpha value is -3.03. The molecule has 0 spiro atoms. The van der Waals surface area contributed by atoms with Crippen molar-refractivity contribution in [3.05, 3.63) is 74.9 Å². The van der Waals surface area contributed by atoms with E-state index in [4.69, 9.17) is 0 Å². The van der Waals surface area contributed by atoms with Crippen molar-refractivity contribution in [3.63, 3.8) is 0 Å². The van der Waals surface area contributed by atoms with Gasteiger partial charge in [0.05, 0.1) is 24.8 Å². The van der Waals surface area contributed by atoms with Crippen LogP contribution in [0.4, 0.5) is 0 Å². The Kier molecular flexibility index (Phi) is 4.27. The van der Waals surface area contributed by atoms with Crippen molar-refractivity contribution in [1.82, 2.24) is 18.3 Å². The van der Waals surface area contributed by atoms with Gasteiger partial charge in [-0.25, -0.2) is 18.3 Å². The van der Waals surface area contributed by atoms with Gasteiger partial charge in [-0.15, -0.1) is 27.3 Å². The minimum Gasteiger partial charge on any atom is -0.394 e. The maximum atomic E-state index is 2.34. The molecule has 0 aliphatic carbocycles. The quantitative estimate of drug-likeness (QED) is 0.368. The average molecular weight is 406 g/mol. The second-order valence-corrected chi connectivity index (χ2v) is 9.85. The number of hydrogen-bond acceptors (Lipinski definition) is 0. The van der Waals surface area contributed by atoms with Gasteiger partial charge in [0, 0.05) is 0 Å². The monoisotopic (exact) mass is 406 g/mol. The zero-order valence-electron chi connectivity index (χ0n) is 18.5. The molecule has 0 amide bonds. The van der Waals surface area contributed by atoms with E-state index in [1.165, 1.54) is 0 Å². The molecule has 0 fully saturated rings. The second kappa shape index (κ2) is 6.75. The van der Waals surface area contributed by atoms with Crippen LogP contribution < -0.4 is 17.9 Å². The fraction of sp³-hybridized carbons (Fsp3) is 0.400. The molecule has 5 rings (SSSR count). The Morgan fingerprint density at radius 1 is 0.467 bits per heavy atom. The number of rotatable bonds is 0. The molecule has 0 aromatic carbocycles. The predicted octanol–water partition coefficient (Wildman–Crippen LogP) is -0.0472. The molecule has 1 aliphatic heterocycles. The number of aromatic nitrogens is 8. The van der Waals surface area contributed by atoms with E-state index in [2.05, 4.69) is 138 Å². The molecular formula is C20H32B2N8+2. The molecule has 0 saturated carbocycles. The van der Waals surface area contributed by atoms with Gasteiger partial charge in [0.15, 0.2) is 25.3 Å². The minimum absolute atomic E-state index is 0.931. The Bertz CT molecular complexity index is 998. The number of imidazole rings is 4. The van der Waals surface area contributed by atoms with E-state index in [-0.39, 0.29) is 0 Å². The van der Waals surface area contributed by atoms with Crippen LogP contribution >= 0.6 is 0 Å². The SMILES string of the molecule is C[B-]1(C)[n+]2ccn(c2)CCn2cc[n+](c2)[B-](C)(C)[n+]2ccn(c2)CCn2cc[n+]1c2. The third kappa shape index (κ3) is 3.20. The summed E-state index contributed by atoms with van der Waals surface area (Å²) in [6.45, 7) is 13.0. The van der Waals surface area contributed by atoms with Crippen molar-refractivity contribution in [2.24, 2.45) is 0 Å². The zero-order chi connectivity index (χ0) is 20.9. The van der Waals surface area contributed by atoms with E-state index in [9.17, 15) is 0 Å². The van der Waals surface area contributed by atoms with Crippen LogP contribution in [0.5, 0.6) is 0 Å². The van der Waals surface area contributed by atoms with Crippen molar-refractivity contribution < 1.29 is 17.9 Å². The summed E-state index contributed by atoms with van der Waals surface area (Å²) in [5, 5.41) is 0. The van der Waals surface area contributed by atoms with Crippen LogP contribution in [-0.4, -0.2) is 31.1 Å². The third-order valence-electron chi connectivity index (χ3n) is 7.00. The first-order valence-electron chi connectivity index (χ1n) is 11.1. The van der Waals surface area contributed by atoms with Gasteiger partial charge < -0.3 is 17.9 Å². The zero-order valence-corrected chi connectivity index (χ0v) is 18.5. The maximum absolute atomic E-state index is 2.34. The fourth-order valence-electron chi connectivity index (χ4n) is 4.44. The molecule has 5 heterocycles. The standard InChI is InChI=1S/C20H32B2N8/c1-21(2)27-13-9-23(17-27)5-7-25-11-15-29(19-25)22(3,4)30-16-12-26(20-30)8-6-24-10-14-28(21)18-24/h9-20H,5-8H2,1-4H3/q+2. The lowest BCUT2D eigenvalue weighted by Gasteiger charge is -2.23. The molecule has 30 heavy (non-hydrogen) atoms. The van der Waals surface area contributed by atoms with Crippen LogP contribution in [0.2, 0.25) is 27.3 Å². The lowest BCUT2D eigenvalue weighted by atomic mass is 9.51. The van der Waals surface area contributed by atoms with E-state index in [0.717, 1.165) is 26.2 Å². The van der Waals surface area contributed by atoms with Crippen molar-refractivity contribution in [1.29, 1.82) is 0 Å². The summed E-state index contributed by atoms with van der Waals surface area (Å²) in [7, 11) is 0. The number of hydrogen-bond donors (Lipinski definition) is 0. The minimum atomic E-state index is -0.931. The van der Waals surface area contributed by atoms with E-state index < -0.39 is 12.8 Å². The second-order valence-electron chi connectivity index (χ2n) is 9.85. The van der Waals surface area contributed by atoms with Crippen LogP contribution in [0.15, 0.2) is 74.9 Å². The van der Waals surface area contributed by atoms with E-state index in [0.29, 0.717) is 0 Å². The molecule has 0 unspecified atom stereocenters. The summed E-state index contributed by atoms with van der Waals surface area (Å²) in [5.74, 6) is 0. The van der Waals surface area contributed by atoms with Crippen molar-refractivity contribution in [3.8, 4) is 0 Å². The topological polar surface area (TPSA) is 35.2 Å². The molecular weight excluding hydrogens is 374 g/mol. The number of aryl methyl sites for hydroxylation is 4. The lowest BCUT2D eigenvalue weighted by Crippen LogP contribution is -2.77. The summed E-state index contributed by atoms with van der Waals surface area (Å²) in [6, 6.07) is 0. The Morgan fingerprint density at radius 2 is 0.700 bits per heavy atom. The van der Waals surface area contributed by atoms with E-state index in [1.807, 2.05) is 0 Å². The first-order chi connectivity index (χ1) is 14.3. The summed E-state index contributed by atoms with van der Waals surface area (Å²) in [4.78, 5) is 0. The van der Waals surface area contributed by atoms with Crippen molar-refractivity contribution in [2.45, 2.75) is 53.5 Å². The molecule has 0 N–H and O–H groups in total. The normalized spacial score (nSPS) is 18.0. The smallest absolute Gasteiger partial charge is 0.375 e. The highest BCUT2D eigenvalue weighted by molar-refractivity contribution is 6.60. The molecule has 8 nitrogen and oxygen atoms in total. The highest BCUT2D eigenvalue weighted by Crippen LogP contribution is 2.00. The fourth-order valence-corrected chi connectivity index (χ4v) is 4.44. The van der Waals surface area contributed by atoms with Crippen LogP contribution in [0.3, 0.4) is 0 Å². The first-order valence-corrected chi connectivity index (χ1v) is 11.1. The Labute approximate surface area is 177 Å². The number of fused-ring (bicyclic) bond motifs is 8. The molecule has 8 bridgehead atoms. The van der Waals surface area contributed by atoms with Gasteiger partial charge >= 0.3 is 12.8 Å². The van der Waals surface area contributed by atoms with Gasteiger partial charge in [0.2, 0.25) is 0 Å². The average Bonchev–Trinajstić information content (AvgIpc) is 3.51. The third-order valence-corrected chi connectivity index (χ3v) is 7.00. The van der Waals surface area contributed by atoms with E-state index >= 15 is 0 Å². The lowest BCUT2D eigenvalue weighted by molar-refractivity contribution is -0.687. The highest BCUT2D eigenvalue weighted by atomic mass is 15.2. The first kappa shape index (κ1) is 19.0. The summed E-state index contributed by atoms with van der Waals surface area (Å²) >= 11 is 0.